The van der Waals surface area contributed by atoms with Crippen molar-refractivity contribution >= 4 is 6.09 Å². The van der Waals surface area contributed by atoms with Crippen LogP contribution < -0.4 is 0 Å². The number of aliphatic hydroxyl groups is 1. The highest BCUT2D eigenvalue weighted by Crippen LogP contribution is 2.31. The number of carbonyl (C=O) groups is 1. The molecule has 0 bridgehead atoms. The smallest absolute Gasteiger partial charge is 0.409 e. The largest absolute Gasteiger partial charge is 0.469 e. The van der Waals surface area contributed by atoms with Gasteiger partial charge < -0.3 is 19.2 Å². The first-order chi connectivity index (χ1) is 9.76. The predicted octanol–water partition coefficient (Wildman–Crippen LogP) is 2.89. The van der Waals surface area contributed by atoms with Crippen molar-refractivity contribution in [3.05, 3.63) is 23.7 Å². The summed E-state index contributed by atoms with van der Waals surface area (Å²) in [6.07, 6.45) is 5.05. The van der Waals surface area contributed by atoms with Crippen LogP contribution in [0.4, 0.5) is 4.79 Å². The van der Waals surface area contributed by atoms with Crippen LogP contribution in [0.1, 0.15) is 49.8 Å². The lowest BCUT2D eigenvalue weighted by Gasteiger charge is -2.30. The van der Waals surface area contributed by atoms with Gasteiger partial charge in [0.25, 0.3) is 0 Å². The van der Waals surface area contributed by atoms with Crippen LogP contribution >= 0.6 is 0 Å². The molecule has 1 fully saturated rings. The first-order valence-corrected chi connectivity index (χ1v) is 7.35. The molecule has 0 atom stereocenters. The Bertz CT molecular complexity index is 421. The highest BCUT2D eigenvalue weighted by Gasteiger charge is 2.27. The van der Waals surface area contributed by atoms with E-state index in [4.69, 9.17) is 9.15 Å². The Morgan fingerprint density at radius 1 is 1.50 bits per heavy atom. The Hall–Kier alpha value is -1.49. The highest BCUT2D eigenvalue weighted by molar-refractivity contribution is 5.67. The molecule has 1 aliphatic rings. The zero-order chi connectivity index (χ0) is 14.4. The van der Waals surface area contributed by atoms with Crippen molar-refractivity contribution in [3.8, 4) is 0 Å². The second-order valence-electron chi connectivity index (χ2n) is 5.20. The van der Waals surface area contributed by atoms with Crippen LogP contribution in [0.5, 0.6) is 0 Å². The van der Waals surface area contributed by atoms with E-state index in [1.807, 2.05) is 0 Å². The van der Waals surface area contributed by atoms with Crippen LogP contribution in [0.2, 0.25) is 0 Å². The summed E-state index contributed by atoms with van der Waals surface area (Å²) in [7, 11) is 0. The summed E-state index contributed by atoms with van der Waals surface area (Å²) in [6.45, 7) is 3.94. The molecule has 5 heteroatoms. The standard InChI is InChI=1S/C15H23NO4/c1-2-3-9-20-15(18)16-7-4-12(5-8-16)14-13(11-17)6-10-19-14/h6,10,12,17H,2-5,7-9,11H2,1H3. The fourth-order valence-electron chi connectivity index (χ4n) is 2.56. The Labute approximate surface area is 119 Å². The van der Waals surface area contributed by atoms with Gasteiger partial charge in [0, 0.05) is 24.6 Å². The van der Waals surface area contributed by atoms with Crippen molar-refractivity contribution in [3.63, 3.8) is 0 Å². The number of hydrogen-bond acceptors (Lipinski definition) is 4. The molecule has 2 heterocycles. The van der Waals surface area contributed by atoms with Crippen LogP contribution in [0.25, 0.3) is 0 Å². The van der Waals surface area contributed by atoms with Gasteiger partial charge in [-0.2, -0.15) is 0 Å². The molecule has 0 radical (unpaired) electrons. The number of rotatable bonds is 5. The third-order valence-electron chi connectivity index (χ3n) is 3.80. The van der Waals surface area contributed by atoms with Gasteiger partial charge in [0.2, 0.25) is 0 Å². The predicted molar refractivity (Wildman–Crippen MR) is 74.4 cm³/mol. The van der Waals surface area contributed by atoms with Crippen molar-refractivity contribution in [2.24, 2.45) is 0 Å². The Morgan fingerprint density at radius 3 is 2.90 bits per heavy atom. The molecule has 0 unspecified atom stereocenters. The zero-order valence-electron chi connectivity index (χ0n) is 12.0. The van der Waals surface area contributed by atoms with Gasteiger partial charge in [0.15, 0.2) is 0 Å². The van der Waals surface area contributed by atoms with Crippen molar-refractivity contribution in [2.75, 3.05) is 19.7 Å². The second kappa shape index (κ2) is 7.33. The lowest BCUT2D eigenvalue weighted by molar-refractivity contribution is 0.0902. The molecule has 1 aromatic rings. The maximum atomic E-state index is 11.8. The topological polar surface area (TPSA) is 62.9 Å². The average molecular weight is 281 g/mol. The first kappa shape index (κ1) is 14.9. The minimum absolute atomic E-state index is 0.00507. The van der Waals surface area contributed by atoms with Gasteiger partial charge in [-0.25, -0.2) is 4.79 Å². The molecule has 1 N–H and O–H groups in total. The maximum absolute atomic E-state index is 11.8. The van der Waals surface area contributed by atoms with Crippen LogP contribution in [-0.4, -0.2) is 35.8 Å². The van der Waals surface area contributed by atoms with Crippen molar-refractivity contribution in [1.82, 2.24) is 4.90 Å². The quantitative estimate of drug-likeness (QED) is 0.843. The molecule has 1 saturated heterocycles. The average Bonchev–Trinajstić information content (AvgIpc) is 2.96. The minimum Gasteiger partial charge on any atom is -0.469 e. The molecule has 2 rings (SSSR count). The van der Waals surface area contributed by atoms with E-state index < -0.39 is 0 Å². The number of ether oxygens (including phenoxy) is 1. The van der Waals surface area contributed by atoms with E-state index in [9.17, 15) is 9.90 Å². The normalized spacial score (nSPS) is 16.4. The number of aliphatic hydroxyl groups excluding tert-OH is 1. The van der Waals surface area contributed by atoms with Crippen molar-refractivity contribution < 1.29 is 19.1 Å². The monoisotopic (exact) mass is 281 g/mol. The number of unbranched alkanes of at least 4 members (excludes halogenated alkanes) is 1. The lowest BCUT2D eigenvalue weighted by Crippen LogP contribution is -2.38. The van der Waals surface area contributed by atoms with Gasteiger partial charge in [0.1, 0.15) is 5.76 Å². The SMILES string of the molecule is CCCCOC(=O)N1CCC(c2occc2CO)CC1. The number of amides is 1. The summed E-state index contributed by atoms with van der Waals surface area (Å²) < 4.78 is 10.7. The maximum Gasteiger partial charge on any atom is 0.409 e. The molecule has 5 nitrogen and oxygen atoms in total. The van der Waals surface area contributed by atoms with Gasteiger partial charge in [-0.05, 0) is 25.3 Å². The van der Waals surface area contributed by atoms with Gasteiger partial charge >= 0.3 is 6.09 Å². The number of likely N-dealkylation sites (tertiary alicyclic amines) is 1. The molecular formula is C15H23NO4. The van der Waals surface area contributed by atoms with Crippen molar-refractivity contribution in [2.45, 2.75) is 45.1 Å². The molecule has 112 valence electrons. The molecule has 1 aromatic heterocycles. The Morgan fingerprint density at radius 2 is 2.25 bits per heavy atom. The zero-order valence-corrected chi connectivity index (χ0v) is 12.0. The number of nitrogens with zero attached hydrogens (tertiary/aromatic N) is 1. The molecule has 0 aliphatic carbocycles. The molecule has 20 heavy (non-hydrogen) atoms. The highest BCUT2D eigenvalue weighted by atomic mass is 16.6. The van der Waals surface area contributed by atoms with E-state index in [0.29, 0.717) is 19.7 Å². The van der Waals surface area contributed by atoms with Crippen molar-refractivity contribution in [1.29, 1.82) is 0 Å². The first-order valence-electron chi connectivity index (χ1n) is 7.35. The number of furan rings is 1. The molecule has 1 aliphatic heterocycles. The van der Waals surface area contributed by atoms with E-state index in [1.165, 1.54) is 0 Å². The fraction of sp³-hybridized carbons (Fsp3) is 0.667. The van der Waals surface area contributed by atoms with E-state index >= 15 is 0 Å². The van der Waals surface area contributed by atoms with Crippen LogP contribution in [0, 0.1) is 0 Å². The van der Waals surface area contributed by atoms with Crippen LogP contribution in [-0.2, 0) is 11.3 Å². The summed E-state index contributed by atoms with van der Waals surface area (Å²) in [4.78, 5) is 13.6. The summed E-state index contributed by atoms with van der Waals surface area (Å²) in [6, 6.07) is 1.81. The van der Waals surface area contributed by atoms with E-state index in [0.717, 1.165) is 37.0 Å². The van der Waals surface area contributed by atoms with Gasteiger partial charge in [-0.1, -0.05) is 13.3 Å². The number of carbonyl (C=O) groups excluding carboxylic acids is 1. The third-order valence-corrected chi connectivity index (χ3v) is 3.80. The summed E-state index contributed by atoms with van der Waals surface area (Å²) in [5, 5.41) is 9.25. The number of piperidine rings is 1. The molecule has 0 aromatic carbocycles. The molecular weight excluding hydrogens is 258 g/mol. The van der Waals surface area contributed by atoms with Gasteiger partial charge in [-0.15, -0.1) is 0 Å². The second-order valence-corrected chi connectivity index (χ2v) is 5.20. The fourth-order valence-corrected chi connectivity index (χ4v) is 2.56. The third kappa shape index (κ3) is 3.54. The number of hydrogen-bond donors (Lipinski definition) is 1. The van der Waals surface area contributed by atoms with E-state index in [-0.39, 0.29) is 18.6 Å². The Kier molecular flexibility index (Phi) is 5.47. The molecule has 1 amide bonds. The molecule has 0 saturated carbocycles. The van der Waals surface area contributed by atoms with Gasteiger partial charge in [-0.3, -0.25) is 0 Å². The van der Waals surface area contributed by atoms with Gasteiger partial charge in [0.05, 0.1) is 19.5 Å². The summed E-state index contributed by atoms with van der Waals surface area (Å²) >= 11 is 0. The Balaban J connectivity index is 1.81. The lowest BCUT2D eigenvalue weighted by atomic mass is 9.92. The molecule has 0 spiro atoms. The van der Waals surface area contributed by atoms with E-state index in [2.05, 4.69) is 6.92 Å². The van der Waals surface area contributed by atoms with Crippen LogP contribution in [0.15, 0.2) is 16.7 Å². The summed E-state index contributed by atoms with van der Waals surface area (Å²) in [5.41, 5.74) is 0.856. The van der Waals surface area contributed by atoms with E-state index in [1.54, 1.807) is 17.2 Å². The summed E-state index contributed by atoms with van der Waals surface area (Å²) in [5.74, 6) is 1.15. The van der Waals surface area contributed by atoms with Crippen LogP contribution in [0.3, 0.4) is 0 Å². The minimum atomic E-state index is -0.210.